The van der Waals surface area contributed by atoms with Crippen LogP contribution in [0.2, 0.25) is 0 Å². The summed E-state index contributed by atoms with van der Waals surface area (Å²) < 4.78 is 0. The zero-order valence-corrected chi connectivity index (χ0v) is 11.7. The summed E-state index contributed by atoms with van der Waals surface area (Å²) >= 11 is 0. The lowest BCUT2D eigenvalue weighted by molar-refractivity contribution is 0.0955. The summed E-state index contributed by atoms with van der Waals surface area (Å²) in [6, 6.07) is 5.82. The molecule has 0 atom stereocenters. The van der Waals surface area contributed by atoms with E-state index in [1.165, 1.54) is 0 Å². The Morgan fingerprint density at radius 2 is 1.85 bits per heavy atom. The van der Waals surface area contributed by atoms with Crippen LogP contribution in [0.5, 0.6) is 0 Å². The van der Waals surface area contributed by atoms with Crippen LogP contribution in [0.3, 0.4) is 0 Å². The highest BCUT2D eigenvalue weighted by atomic mass is 16.1. The summed E-state index contributed by atoms with van der Waals surface area (Å²) in [5, 5.41) is 5.96. The first-order valence-electron chi connectivity index (χ1n) is 6.51. The van der Waals surface area contributed by atoms with Gasteiger partial charge in [0.25, 0.3) is 5.91 Å². The second-order valence-electron chi connectivity index (χ2n) is 4.65. The Labute approximate surface area is 118 Å². The number of rotatable bonds is 5. The van der Waals surface area contributed by atoms with Crippen LogP contribution in [-0.2, 0) is 0 Å². The minimum atomic E-state index is -0.0576. The smallest absolute Gasteiger partial charge is 0.251 e. The molecule has 1 aromatic carbocycles. The van der Waals surface area contributed by atoms with Crippen LogP contribution in [-0.4, -0.2) is 29.0 Å². The van der Waals surface area contributed by atoms with E-state index < -0.39 is 0 Å². The molecule has 0 fully saturated rings. The fourth-order valence-electron chi connectivity index (χ4n) is 1.96. The maximum atomic E-state index is 12.0. The Kier molecular flexibility index (Phi) is 4.65. The van der Waals surface area contributed by atoms with Crippen molar-refractivity contribution in [1.82, 2.24) is 15.3 Å². The standard InChI is InChI=1S/C15H18N4O/c1-11-7-12(2)9-13(8-11)15(20)19-6-5-18-14-10-16-3-4-17-14/h3-4,7-10H,5-6H2,1-2H3,(H,17,18)(H,19,20). The number of nitrogens with one attached hydrogen (secondary N) is 2. The lowest BCUT2D eigenvalue weighted by Crippen LogP contribution is -2.29. The summed E-state index contributed by atoms with van der Waals surface area (Å²) in [5.74, 6) is 0.644. The molecule has 0 unspecified atom stereocenters. The monoisotopic (exact) mass is 270 g/mol. The maximum absolute atomic E-state index is 12.0. The third kappa shape index (κ3) is 4.05. The Bertz CT molecular complexity index is 563. The van der Waals surface area contributed by atoms with Gasteiger partial charge in [-0.25, -0.2) is 4.98 Å². The van der Waals surface area contributed by atoms with Gasteiger partial charge in [0, 0.05) is 31.0 Å². The van der Waals surface area contributed by atoms with Crippen LogP contribution in [0.25, 0.3) is 0 Å². The first kappa shape index (κ1) is 14.0. The van der Waals surface area contributed by atoms with Gasteiger partial charge in [-0.15, -0.1) is 0 Å². The molecule has 5 nitrogen and oxygen atoms in total. The molecule has 1 heterocycles. The Morgan fingerprint density at radius 1 is 1.10 bits per heavy atom. The summed E-state index contributed by atoms with van der Waals surface area (Å²) in [6.45, 7) is 5.11. The minimum Gasteiger partial charge on any atom is -0.367 e. The van der Waals surface area contributed by atoms with Crippen molar-refractivity contribution in [3.8, 4) is 0 Å². The summed E-state index contributed by atoms with van der Waals surface area (Å²) in [7, 11) is 0. The molecule has 0 saturated carbocycles. The van der Waals surface area contributed by atoms with Gasteiger partial charge in [-0.2, -0.15) is 0 Å². The van der Waals surface area contributed by atoms with Gasteiger partial charge in [0.15, 0.2) is 0 Å². The van der Waals surface area contributed by atoms with E-state index in [-0.39, 0.29) is 5.91 Å². The van der Waals surface area contributed by atoms with Gasteiger partial charge in [-0.1, -0.05) is 17.2 Å². The number of benzene rings is 1. The van der Waals surface area contributed by atoms with Crippen molar-refractivity contribution in [2.24, 2.45) is 0 Å². The Balaban J connectivity index is 1.80. The minimum absolute atomic E-state index is 0.0576. The van der Waals surface area contributed by atoms with E-state index >= 15 is 0 Å². The molecule has 2 N–H and O–H groups in total. The second kappa shape index (κ2) is 6.65. The molecule has 5 heteroatoms. The van der Waals surface area contributed by atoms with E-state index in [9.17, 15) is 4.79 Å². The molecule has 2 rings (SSSR count). The van der Waals surface area contributed by atoms with Gasteiger partial charge >= 0.3 is 0 Å². The highest BCUT2D eigenvalue weighted by Gasteiger charge is 2.05. The van der Waals surface area contributed by atoms with E-state index in [2.05, 4.69) is 20.6 Å². The van der Waals surface area contributed by atoms with E-state index in [0.29, 0.717) is 24.5 Å². The number of amides is 1. The molecule has 0 spiro atoms. The maximum Gasteiger partial charge on any atom is 0.251 e. The SMILES string of the molecule is Cc1cc(C)cc(C(=O)NCCNc2cnccn2)c1. The van der Waals surface area contributed by atoms with E-state index in [1.807, 2.05) is 32.0 Å². The number of nitrogens with zero attached hydrogens (tertiary/aromatic N) is 2. The normalized spacial score (nSPS) is 10.1. The molecule has 0 aliphatic heterocycles. The number of anilines is 1. The zero-order chi connectivity index (χ0) is 14.4. The van der Waals surface area contributed by atoms with Crippen molar-refractivity contribution in [2.75, 3.05) is 18.4 Å². The van der Waals surface area contributed by atoms with Gasteiger partial charge in [-0.3, -0.25) is 9.78 Å². The fourth-order valence-corrected chi connectivity index (χ4v) is 1.96. The van der Waals surface area contributed by atoms with Crippen molar-refractivity contribution in [3.63, 3.8) is 0 Å². The van der Waals surface area contributed by atoms with E-state index in [0.717, 1.165) is 11.1 Å². The van der Waals surface area contributed by atoms with Crippen molar-refractivity contribution in [3.05, 3.63) is 53.5 Å². The summed E-state index contributed by atoms with van der Waals surface area (Å²) in [6.07, 6.45) is 4.88. The molecule has 2 aromatic rings. The lowest BCUT2D eigenvalue weighted by Gasteiger charge is -2.08. The molecule has 104 valence electrons. The van der Waals surface area contributed by atoms with Crippen molar-refractivity contribution in [1.29, 1.82) is 0 Å². The Morgan fingerprint density at radius 3 is 2.50 bits per heavy atom. The van der Waals surface area contributed by atoms with Crippen molar-refractivity contribution >= 4 is 11.7 Å². The van der Waals surface area contributed by atoms with Crippen LogP contribution in [0.1, 0.15) is 21.5 Å². The van der Waals surface area contributed by atoms with Gasteiger partial charge in [-0.05, 0) is 26.0 Å². The fraction of sp³-hybridized carbons (Fsp3) is 0.267. The predicted octanol–water partition coefficient (Wildman–Crippen LogP) is 1.94. The zero-order valence-electron chi connectivity index (χ0n) is 11.7. The highest BCUT2D eigenvalue weighted by molar-refractivity contribution is 5.94. The van der Waals surface area contributed by atoms with Crippen molar-refractivity contribution < 1.29 is 4.79 Å². The Hall–Kier alpha value is -2.43. The first-order chi connectivity index (χ1) is 9.65. The number of aryl methyl sites for hydroxylation is 2. The van der Waals surface area contributed by atoms with E-state index in [4.69, 9.17) is 0 Å². The number of carbonyl (C=O) groups excluding carboxylic acids is 1. The summed E-state index contributed by atoms with van der Waals surface area (Å²) in [5.41, 5.74) is 2.88. The van der Waals surface area contributed by atoms with Gasteiger partial charge in [0.05, 0.1) is 6.20 Å². The molecular weight excluding hydrogens is 252 g/mol. The van der Waals surface area contributed by atoms with Gasteiger partial charge in [0.1, 0.15) is 5.82 Å². The second-order valence-corrected chi connectivity index (χ2v) is 4.65. The average molecular weight is 270 g/mol. The van der Waals surface area contributed by atoms with Crippen LogP contribution in [0.15, 0.2) is 36.8 Å². The molecule has 1 aromatic heterocycles. The van der Waals surface area contributed by atoms with E-state index in [1.54, 1.807) is 18.6 Å². The number of carbonyl (C=O) groups is 1. The number of hydrogen-bond donors (Lipinski definition) is 2. The molecule has 1 amide bonds. The molecule has 0 saturated heterocycles. The largest absolute Gasteiger partial charge is 0.367 e. The molecule has 0 aliphatic carbocycles. The number of aromatic nitrogens is 2. The molecule has 0 radical (unpaired) electrons. The molecule has 0 bridgehead atoms. The number of hydrogen-bond acceptors (Lipinski definition) is 4. The highest BCUT2D eigenvalue weighted by Crippen LogP contribution is 2.08. The third-order valence-corrected chi connectivity index (χ3v) is 2.76. The van der Waals surface area contributed by atoms with Crippen molar-refractivity contribution in [2.45, 2.75) is 13.8 Å². The lowest BCUT2D eigenvalue weighted by atomic mass is 10.1. The van der Waals surface area contributed by atoms with Crippen LogP contribution < -0.4 is 10.6 Å². The topological polar surface area (TPSA) is 66.9 Å². The quantitative estimate of drug-likeness (QED) is 0.815. The van der Waals surface area contributed by atoms with Gasteiger partial charge in [0.2, 0.25) is 0 Å². The molecule has 20 heavy (non-hydrogen) atoms. The predicted molar refractivity (Wildman–Crippen MR) is 78.8 cm³/mol. The van der Waals surface area contributed by atoms with Crippen LogP contribution >= 0.6 is 0 Å². The average Bonchev–Trinajstić information content (AvgIpc) is 2.43. The summed E-state index contributed by atoms with van der Waals surface area (Å²) in [4.78, 5) is 20.0. The van der Waals surface area contributed by atoms with Gasteiger partial charge < -0.3 is 10.6 Å². The molecular formula is C15H18N4O. The first-order valence-corrected chi connectivity index (χ1v) is 6.51. The third-order valence-electron chi connectivity index (χ3n) is 2.76. The van der Waals surface area contributed by atoms with Crippen LogP contribution in [0.4, 0.5) is 5.82 Å². The van der Waals surface area contributed by atoms with Crippen LogP contribution in [0, 0.1) is 13.8 Å². The molecule has 0 aliphatic rings.